The van der Waals surface area contributed by atoms with E-state index < -0.39 is 0 Å². The first-order valence-corrected chi connectivity index (χ1v) is 2.44. The molecule has 0 amide bonds. The number of hydrogen-bond donors (Lipinski definition) is 0. The van der Waals surface area contributed by atoms with Crippen LogP contribution in [0.25, 0.3) is 0 Å². The topological polar surface area (TPSA) is 0 Å². The molecule has 2 heteroatoms. The monoisotopic (exact) mass is 164 g/mol. The fraction of sp³-hybridized carbons (Fsp3) is 0.667. The summed E-state index contributed by atoms with van der Waals surface area (Å²) in [5.41, 5.74) is 0. The van der Waals surface area contributed by atoms with Gasteiger partial charge in [-0.1, -0.05) is 6.92 Å². The van der Waals surface area contributed by atoms with E-state index in [2.05, 4.69) is 13.2 Å². The summed E-state index contributed by atoms with van der Waals surface area (Å²) in [7, 11) is 0. The fourth-order valence-electron chi connectivity index (χ4n) is 0. The van der Waals surface area contributed by atoms with Crippen LogP contribution < -0.4 is 0 Å². The molecule has 0 aromatic carbocycles. The van der Waals surface area contributed by atoms with Crippen LogP contribution in [-0.2, 0) is 32.7 Å². The molecule has 0 unspecified atom stereocenters. The third-order valence-corrected chi connectivity index (χ3v) is 0.612. The Kier molecular flexibility index (Phi) is 17.6. The molecule has 0 aromatic rings. The fourth-order valence-corrected chi connectivity index (χ4v) is 0. The minimum atomic E-state index is 0. The minimum absolute atomic E-state index is 0. The van der Waals surface area contributed by atoms with Gasteiger partial charge in [-0.25, -0.2) is 0 Å². The third-order valence-electron chi connectivity index (χ3n) is 0.204. The molecule has 1 radical (unpaired) electrons. The zero-order valence-corrected chi connectivity index (χ0v) is 7.05. The van der Waals surface area contributed by atoms with Crippen molar-refractivity contribution in [1.82, 2.24) is 0 Å². The van der Waals surface area contributed by atoms with Gasteiger partial charge in [-0.05, 0) is 5.75 Å². The van der Waals surface area contributed by atoms with E-state index >= 15 is 0 Å². The molecule has 5 heavy (non-hydrogen) atoms. The summed E-state index contributed by atoms with van der Waals surface area (Å²) in [5.74, 6) is 1.12. The van der Waals surface area contributed by atoms with Gasteiger partial charge in [0.2, 0.25) is 0 Å². The van der Waals surface area contributed by atoms with E-state index in [9.17, 15) is 0 Å². The van der Waals surface area contributed by atoms with E-state index in [1.54, 1.807) is 11.8 Å². The SMILES string of the molecule is [CH2-]SCC.[Y]. The van der Waals surface area contributed by atoms with E-state index in [0.29, 0.717) is 0 Å². The van der Waals surface area contributed by atoms with Crippen molar-refractivity contribution in [1.29, 1.82) is 0 Å². The van der Waals surface area contributed by atoms with Crippen LogP contribution in [0, 0.1) is 6.26 Å². The summed E-state index contributed by atoms with van der Waals surface area (Å²) in [5, 5.41) is 0. The Morgan fingerprint density at radius 3 is 2.00 bits per heavy atom. The van der Waals surface area contributed by atoms with Crippen molar-refractivity contribution in [2.45, 2.75) is 6.92 Å². The molecule has 0 fully saturated rings. The first kappa shape index (κ1) is 9.68. The maximum Gasteiger partial charge on any atom is 0 e. The molecule has 0 spiro atoms. The molecule has 0 saturated heterocycles. The Bertz CT molecular complexity index is 8.85. The zero-order chi connectivity index (χ0) is 3.41. The van der Waals surface area contributed by atoms with Gasteiger partial charge in [-0.3, -0.25) is 6.26 Å². The summed E-state index contributed by atoms with van der Waals surface area (Å²) in [6.07, 6.45) is 3.52. The van der Waals surface area contributed by atoms with Crippen LogP contribution in [0.4, 0.5) is 0 Å². The summed E-state index contributed by atoms with van der Waals surface area (Å²) >= 11 is 1.61. The Morgan fingerprint density at radius 2 is 2.00 bits per heavy atom. The molecule has 29 valence electrons. The number of hydrogen-bond acceptors (Lipinski definition) is 1. The Balaban J connectivity index is 0. The maximum atomic E-state index is 3.52. The standard InChI is InChI=1S/C3H7S.Y/c1-3-4-2;/h2-3H2,1H3;/q-1;. The van der Waals surface area contributed by atoms with E-state index in [-0.39, 0.29) is 32.7 Å². The van der Waals surface area contributed by atoms with E-state index in [0.717, 1.165) is 5.75 Å². The van der Waals surface area contributed by atoms with Gasteiger partial charge in [0, 0.05) is 32.7 Å². The number of rotatable bonds is 1. The van der Waals surface area contributed by atoms with Crippen molar-refractivity contribution in [3.63, 3.8) is 0 Å². The second kappa shape index (κ2) is 9.07. The average molecular weight is 164 g/mol. The molecule has 0 N–H and O–H groups in total. The van der Waals surface area contributed by atoms with Crippen LogP contribution in [-0.4, -0.2) is 5.75 Å². The molecular weight excluding hydrogens is 157 g/mol. The summed E-state index contributed by atoms with van der Waals surface area (Å²) in [6.45, 7) is 2.08. The average Bonchev–Trinajstić information content (AvgIpc) is 1.37. The van der Waals surface area contributed by atoms with Crippen molar-refractivity contribution in [2.24, 2.45) is 0 Å². The van der Waals surface area contributed by atoms with E-state index in [1.165, 1.54) is 0 Å². The Labute approximate surface area is 63.0 Å². The molecule has 0 aliphatic carbocycles. The molecule has 0 bridgehead atoms. The van der Waals surface area contributed by atoms with Crippen LogP contribution in [0.5, 0.6) is 0 Å². The molecule has 0 aliphatic rings. The van der Waals surface area contributed by atoms with Crippen LogP contribution in [0.1, 0.15) is 6.92 Å². The van der Waals surface area contributed by atoms with Gasteiger partial charge < -0.3 is 11.8 Å². The minimum Gasteiger partial charge on any atom is -0.354 e. The Morgan fingerprint density at radius 1 is 1.80 bits per heavy atom. The van der Waals surface area contributed by atoms with Crippen molar-refractivity contribution >= 4 is 11.8 Å². The molecule has 0 aromatic heterocycles. The van der Waals surface area contributed by atoms with Gasteiger partial charge in [0.15, 0.2) is 0 Å². The normalized spacial score (nSPS) is 6.00. The predicted octanol–water partition coefficient (Wildman–Crippen LogP) is 1.53. The van der Waals surface area contributed by atoms with E-state index in [4.69, 9.17) is 0 Å². The molecule has 0 atom stereocenters. The second-order valence-electron chi connectivity index (χ2n) is 0.493. The van der Waals surface area contributed by atoms with Gasteiger partial charge in [0.1, 0.15) is 0 Å². The van der Waals surface area contributed by atoms with Gasteiger partial charge in [-0.2, -0.15) is 0 Å². The largest absolute Gasteiger partial charge is 0.354 e. The maximum absolute atomic E-state index is 3.52. The summed E-state index contributed by atoms with van der Waals surface area (Å²) < 4.78 is 0. The molecule has 0 saturated carbocycles. The molecule has 0 nitrogen and oxygen atoms in total. The molecular formula is C3H7SY-. The molecule has 0 heterocycles. The predicted molar refractivity (Wildman–Crippen MR) is 23.5 cm³/mol. The number of thioether (sulfide) groups is 1. The van der Waals surface area contributed by atoms with Gasteiger partial charge in [-0.15, -0.1) is 0 Å². The van der Waals surface area contributed by atoms with Crippen molar-refractivity contribution in [2.75, 3.05) is 5.75 Å². The van der Waals surface area contributed by atoms with Gasteiger partial charge in [0.25, 0.3) is 0 Å². The third kappa shape index (κ3) is 10.8. The zero-order valence-electron chi connectivity index (χ0n) is 3.40. The first-order chi connectivity index (χ1) is 1.91. The van der Waals surface area contributed by atoms with Crippen LogP contribution >= 0.6 is 11.8 Å². The van der Waals surface area contributed by atoms with Crippen molar-refractivity contribution < 1.29 is 32.7 Å². The van der Waals surface area contributed by atoms with Crippen molar-refractivity contribution in [3.05, 3.63) is 6.26 Å². The second-order valence-corrected chi connectivity index (χ2v) is 1.48. The van der Waals surface area contributed by atoms with Crippen LogP contribution in [0.3, 0.4) is 0 Å². The van der Waals surface area contributed by atoms with Gasteiger partial charge in [0.05, 0.1) is 0 Å². The van der Waals surface area contributed by atoms with Crippen LogP contribution in [0.15, 0.2) is 0 Å². The first-order valence-electron chi connectivity index (χ1n) is 1.28. The quantitative estimate of drug-likeness (QED) is 0.529. The summed E-state index contributed by atoms with van der Waals surface area (Å²) in [6, 6.07) is 0. The van der Waals surface area contributed by atoms with Gasteiger partial charge >= 0.3 is 0 Å². The van der Waals surface area contributed by atoms with Crippen molar-refractivity contribution in [3.8, 4) is 0 Å². The molecule has 0 rings (SSSR count). The summed E-state index contributed by atoms with van der Waals surface area (Å²) in [4.78, 5) is 0. The Hall–Kier alpha value is 1.45. The smallest absolute Gasteiger partial charge is 0 e. The molecule has 0 aliphatic heterocycles. The van der Waals surface area contributed by atoms with Crippen LogP contribution in [0.2, 0.25) is 0 Å². The van der Waals surface area contributed by atoms with E-state index in [1.807, 2.05) is 0 Å².